The van der Waals surface area contributed by atoms with Crippen LogP contribution in [0.15, 0.2) is 24.5 Å². The predicted molar refractivity (Wildman–Crippen MR) is 98.8 cm³/mol. The van der Waals surface area contributed by atoms with Crippen molar-refractivity contribution in [3.63, 3.8) is 0 Å². The summed E-state index contributed by atoms with van der Waals surface area (Å²) in [6, 6.07) is 3.81. The van der Waals surface area contributed by atoms with Crippen LogP contribution in [0.3, 0.4) is 0 Å². The molecule has 2 rings (SSSR count). The molecule has 2 amide bonds. The van der Waals surface area contributed by atoms with Gasteiger partial charge in [0.2, 0.25) is 0 Å². The van der Waals surface area contributed by atoms with Gasteiger partial charge in [-0.15, -0.1) is 0 Å². The number of carbonyl (C=O) groups is 2. The lowest BCUT2D eigenvalue weighted by Crippen LogP contribution is -2.44. The third-order valence-electron chi connectivity index (χ3n) is 4.82. The predicted octanol–water partition coefficient (Wildman–Crippen LogP) is 3.49. The Balaban J connectivity index is 1.75. The van der Waals surface area contributed by atoms with Gasteiger partial charge in [0.05, 0.1) is 0 Å². The largest absolute Gasteiger partial charge is 0.345 e. The summed E-state index contributed by atoms with van der Waals surface area (Å²) in [6.07, 6.45) is 16.6. The zero-order chi connectivity index (χ0) is 17.7. The second-order valence-electron chi connectivity index (χ2n) is 6.97. The molecule has 0 aliphatic heterocycles. The van der Waals surface area contributed by atoms with Crippen LogP contribution in [0.25, 0.3) is 0 Å². The molecule has 1 fully saturated rings. The van der Waals surface area contributed by atoms with Crippen molar-refractivity contribution in [2.24, 2.45) is 0 Å². The van der Waals surface area contributed by atoms with Crippen LogP contribution in [0, 0.1) is 0 Å². The fourth-order valence-electron chi connectivity index (χ4n) is 3.32. The maximum Gasteiger partial charge on any atom is 0.309 e. The van der Waals surface area contributed by atoms with E-state index in [1.807, 2.05) is 12.1 Å². The van der Waals surface area contributed by atoms with Crippen LogP contribution in [0.5, 0.6) is 0 Å². The lowest BCUT2D eigenvalue weighted by molar-refractivity contribution is -0.139. The number of nitrogens with zero attached hydrogens (tertiary/aromatic N) is 1. The zero-order valence-electron chi connectivity index (χ0n) is 15.1. The molecule has 25 heavy (non-hydrogen) atoms. The Bertz CT molecular complexity index is 507. The number of carbonyl (C=O) groups excluding carboxylic acids is 2. The minimum absolute atomic E-state index is 0.121. The summed E-state index contributed by atoms with van der Waals surface area (Å²) in [5.74, 6) is -1.07. The van der Waals surface area contributed by atoms with Crippen LogP contribution >= 0.6 is 0 Å². The van der Waals surface area contributed by atoms with Crippen LogP contribution in [-0.2, 0) is 16.1 Å². The molecule has 5 heteroatoms. The second kappa shape index (κ2) is 11.6. The van der Waals surface area contributed by atoms with Crippen molar-refractivity contribution in [2.45, 2.75) is 83.2 Å². The molecule has 5 nitrogen and oxygen atoms in total. The van der Waals surface area contributed by atoms with Gasteiger partial charge >= 0.3 is 11.8 Å². The van der Waals surface area contributed by atoms with E-state index in [1.54, 1.807) is 12.4 Å². The number of pyridine rings is 1. The molecule has 1 aliphatic rings. The van der Waals surface area contributed by atoms with E-state index < -0.39 is 11.8 Å². The lowest BCUT2D eigenvalue weighted by atomic mass is 9.98. The van der Waals surface area contributed by atoms with Gasteiger partial charge in [-0.05, 0) is 24.5 Å². The van der Waals surface area contributed by atoms with E-state index in [-0.39, 0.29) is 6.04 Å². The van der Waals surface area contributed by atoms with Crippen LogP contribution in [0.1, 0.15) is 76.2 Å². The fourth-order valence-corrected chi connectivity index (χ4v) is 3.32. The first-order valence-electron chi connectivity index (χ1n) is 9.73. The third kappa shape index (κ3) is 8.14. The monoisotopic (exact) mass is 345 g/mol. The van der Waals surface area contributed by atoms with Gasteiger partial charge in [0.1, 0.15) is 0 Å². The third-order valence-corrected chi connectivity index (χ3v) is 4.82. The van der Waals surface area contributed by atoms with Crippen LogP contribution in [-0.4, -0.2) is 22.8 Å². The quantitative estimate of drug-likeness (QED) is 0.824. The molecule has 1 saturated carbocycles. The Morgan fingerprint density at radius 3 is 2.08 bits per heavy atom. The number of hydrogen-bond acceptors (Lipinski definition) is 3. The molecular weight excluding hydrogens is 314 g/mol. The normalized spacial score (nSPS) is 17.8. The highest BCUT2D eigenvalue weighted by Crippen LogP contribution is 2.16. The van der Waals surface area contributed by atoms with Gasteiger partial charge < -0.3 is 10.6 Å². The first kappa shape index (κ1) is 19.4. The van der Waals surface area contributed by atoms with Crippen molar-refractivity contribution in [3.8, 4) is 0 Å². The van der Waals surface area contributed by atoms with E-state index in [9.17, 15) is 9.59 Å². The van der Waals surface area contributed by atoms with Crippen molar-refractivity contribution < 1.29 is 9.59 Å². The molecule has 0 bridgehead atoms. The van der Waals surface area contributed by atoms with E-state index in [0.717, 1.165) is 31.2 Å². The molecule has 1 heterocycles. The highest BCUT2D eigenvalue weighted by Gasteiger charge is 2.18. The number of aromatic nitrogens is 1. The smallest absolute Gasteiger partial charge is 0.309 e. The molecule has 138 valence electrons. The van der Waals surface area contributed by atoms with Crippen molar-refractivity contribution in [1.82, 2.24) is 15.6 Å². The summed E-state index contributed by atoms with van der Waals surface area (Å²) in [6.45, 7) is 0.324. The first-order valence-corrected chi connectivity index (χ1v) is 9.73. The maximum atomic E-state index is 12.2. The molecule has 0 atom stereocenters. The van der Waals surface area contributed by atoms with E-state index in [1.165, 1.54) is 44.9 Å². The van der Waals surface area contributed by atoms with Gasteiger partial charge in [-0.1, -0.05) is 63.9 Å². The number of rotatable bonds is 3. The van der Waals surface area contributed by atoms with Crippen molar-refractivity contribution in [3.05, 3.63) is 30.1 Å². The molecule has 0 radical (unpaired) electrons. The maximum absolute atomic E-state index is 12.2. The Kier molecular flexibility index (Phi) is 9.02. The fraction of sp³-hybridized carbons (Fsp3) is 0.650. The summed E-state index contributed by atoms with van der Waals surface area (Å²) >= 11 is 0. The van der Waals surface area contributed by atoms with E-state index in [4.69, 9.17) is 0 Å². The molecule has 0 aromatic carbocycles. The summed E-state index contributed by atoms with van der Waals surface area (Å²) < 4.78 is 0. The SMILES string of the molecule is O=C(NCc1cccnc1)C(=O)NC1CCCCCCCCCCC1. The molecule has 1 aromatic heterocycles. The summed E-state index contributed by atoms with van der Waals surface area (Å²) in [7, 11) is 0. The second-order valence-corrected chi connectivity index (χ2v) is 6.97. The molecule has 1 aromatic rings. The van der Waals surface area contributed by atoms with E-state index in [0.29, 0.717) is 6.54 Å². The van der Waals surface area contributed by atoms with Gasteiger partial charge in [-0.2, -0.15) is 0 Å². The van der Waals surface area contributed by atoms with Gasteiger partial charge in [-0.3, -0.25) is 14.6 Å². The summed E-state index contributed by atoms with van der Waals surface area (Å²) in [5.41, 5.74) is 0.884. The molecule has 0 spiro atoms. The van der Waals surface area contributed by atoms with Gasteiger partial charge in [0.25, 0.3) is 0 Å². The van der Waals surface area contributed by atoms with Crippen LogP contribution in [0.4, 0.5) is 0 Å². The van der Waals surface area contributed by atoms with Crippen LogP contribution in [0.2, 0.25) is 0 Å². The number of hydrogen-bond donors (Lipinski definition) is 2. The topological polar surface area (TPSA) is 71.1 Å². The van der Waals surface area contributed by atoms with Gasteiger partial charge in [0, 0.05) is 25.0 Å². The first-order chi connectivity index (χ1) is 12.3. The minimum Gasteiger partial charge on any atom is -0.345 e. The van der Waals surface area contributed by atoms with Crippen molar-refractivity contribution >= 4 is 11.8 Å². The lowest BCUT2D eigenvalue weighted by Gasteiger charge is -2.19. The highest BCUT2D eigenvalue weighted by molar-refractivity contribution is 6.35. The standard InChI is InChI=1S/C20H31N3O2/c24-19(22-16-17-11-10-14-21-15-17)20(25)23-18-12-8-6-4-2-1-3-5-7-9-13-18/h10-11,14-15,18H,1-9,12-13,16H2,(H,22,24)(H,23,25). The molecule has 1 aliphatic carbocycles. The Morgan fingerprint density at radius 1 is 0.920 bits per heavy atom. The minimum atomic E-state index is -0.560. The highest BCUT2D eigenvalue weighted by atomic mass is 16.2. The van der Waals surface area contributed by atoms with Gasteiger partial charge in [0.15, 0.2) is 0 Å². The zero-order valence-corrected chi connectivity index (χ0v) is 15.1. The van der Waals surface area contributed by atoms with Gasteiger partial charge in [-0.25, -0.2) is 0 Å². The molecule has 0 unspecified atom stereocenters. The molecule has 2 N–H and O–H groups in total. The van der Waals surface area contributed by atoms with Crippen molar-refractivity contribution in [2.75, 3.05) is 0 Å². The molecule has 0 saturated heterocycles. The van der Waals surface area contributed by atoms with Crippen molar-refractivity contribution in [1.29, 1.82) is 0 Å². The van der Waals surface area contributed by atoms with E-state index >= 15 is 0 Å². The summed E-state index contributed by atoms with van der Waals surface area (Å²) in [4.78, 5) is 28.2. The average Bonchev–Trinajstić information content (AvgIpc) is 2.62. The average molecular weight is 345 g/mol. The van der Waals surface area contributed by atoms with E-state index in [2.05, 4.69) is 15.6 Å². The Hall–Kier alpha value is -1.91. The number of amides is 2. The van der Waals surface area contributed by atoms with Crippen LogP contribution < -0.4 is 10.6 Å². The Morgan fingerprint density at radius 2 is 1.52 bits per heavy atom. The molecular formula is C20H31N3O2. The summed E-state index contributed by atoms with van der Waals surface area (Å²) in [5, 5.41) is 5.61. The Labute approximate surface area is 151 Å². The number of nitrogens with one attached hydrogen (secondary N) is 2.